The van der Waals surface area contributed by atoms with Crippen LogP contribution in [0.3, 0.4) is 0 Å². The summed E-state index contributed by atoms with van der Waals surface area (Å²) in [5.74, 6) is -0.516. The number of aromatic nitrogens is 1. The summed E-state index contributed by atoms with van der Waals surface area (Å²) in [5, 5.41) is 4.93. The molecule has 0 saturated carbocycles. The molecule has 5 aliphatic rings. The quantitative estimate of drug-likeness (QED) is 0.309. The molecule has 306 valence electrons. The van der Waals surface area contributed by atoms with Crippen molar-refractivity contribution in [3.8, 4) is 16.9 Å². The molecule has 3 aromatic rings. The fourth-order valence-corrected chi connectivity index (χ4v) is 9.35. The zero-order chi connectivity index (χ0) is 40.7. The van der Waals surface area contributed by atoms with Crippen LogP contribution in [0.2, 0.25) is 0 Å². The molecular weight excluding hydrogens is 741 g/mol. The highest BCUT2D eigenvalue weighted by Crippen LogP contribution is 2.34. The number of aryl methyl sites for hydroxylation is 1. The molecule has 0 bridgehead atoms. The number of pyridine rings is 1. The molecule has 1 unspecified atom stereocenters. The van der Waals surface area contributed by atoms with Crippen LogP contribution in [0.15, 0.2) is 47.4 Å². The van der Waals surface area contributed by atoms with E-state index < -0.39 is 23.8 Å². The van der Waals surface area contributed by atoms with Crippen LogP contribution in [0.5, 0.6) is 5.75 Å². The Morgan fingerprint density at radius 2 is 1.59 bits per heavy atom. The van der Waals surface area contributed by atoms with Crippen LogP contribution in [0.1, 0.15) is 69.5 Å². The van der Waals surface area contributed by atoms with Crippen LogP contribution in [-0.2, 0) is 36.1 Å². The molecule has 8 rings (SSSR count). The van der Waals surface area contributed by atoms with E-state index in [0.29, 0.717) is 35.6 Å². The Labute approximate surface area is 337 Å². The first-order valence-electron chi connectivity index (χ1n) is 20.4. The molecule has 2 N–H and O–H groups in total. The maximum absolute atomic E-state index is 13.3. The summed E-state index contributed by atoms with van der Waals surface area (Å²) in [7, 11) is 5.06. The van der Waals surface area contributed by atoms with E-state index in [1.54, 1.807) is 42.8 Å². The maximum Gasteiger partial charge on any atom is 0.317 e. The summed E-state index contributed by atoms with van der Waals surface area (Å²) in [5.41, 5.74) is 6.29. The van der Waals surface area contributed by atoms with Crippen LogP contribution in [0, 0.1) is 5.92 Å². The molecule has 3 saturated heterocycles. The SMILES string of the molecule is CNC(=O)N1CCc2c(-c3cc(CN4CCC(CCN5CCN(c6ccc7c(c6)C(=O)N(C6CCC(=O)NC6=O)C7=O)CC5)CC4)cc(OC)c3)cn(C)c(=O)c2C1. The van der Waals surface area contributed by atoms with Crippen LogP contribution >= 0.6 is 0 Å². The zero-order valence-corrected chi connectivity index (χ0v) is 33.6. The molecule has 15 nitrogen and oxygen atoms in total. The van der Waals surface area contributed by atoms with Gasteiger partial charge in [0.1, 0.15) is 11.8 Å². The molecule has 3 fully saturated rings. The zero-order valence-electron chi connectivity index (χ0n) is 33.6. The largest absolute Gasteiger partial charge is 0.497 e. The van der Waals surface area contributed by atoms with Gasteiger partial charge in [-0.2, -0.15) is 0 Å². The molecule has 0 radical (unpaired) electrons. The molecule has 6 heterocycles. The van der Waals surface area contributed by atoms with E-state index in [4.69, 9.17) is 4.74 Å². The van der Waals surface area contributed by atoms with Gasteiger partial charge < -0.3 is 24.4 Å². The van der Waals surface area contributed by atoms with Gasteiger partial charge in [-0.25, -0.2) is 4.79 Å². The van der Waals surface area contributed by atoms with Gasteiger partial charge in [0.15, 0.2) is 0 Å². The first-order chi connectivity index (χ1) is 28.0. The van der Waals surface area contributed by atoms with E-state index in [2.05, 4.69) is 37.5 Å². The number of carbonyl (C=O) groups excluding carboxylic acids is 5. The molecule has 2 aromatic carbocycles. The Hall–Kier alpha value is -5.54. The highest BCUT2D eigenvalue weighted by atomic mass is 16.5. The van der Waals surface area contributed by atoms with Crippen LogP contribution in [-0.4, -0.2) is 126 Å². The Balaban J connectivity index is 0.828. The summed E-state index contributed by atoms with van der Waals surface area (Å²) in [6.07, 6.45) is 6.20. The van der Waals surface area contributed by atoms with Gasteiger partial charge in [-0.3, -0.25) is 44.0 Å². The Bertz CT molecular complexity index is 2200. The molecular formula is C43H52N8O7. The number of benzene rings is 2. The van der Waals surface area contributed by atoms with Gasteiger partial charge in [0.25, 0.3) is 17.4 Å². The van der Waals surface area contributed by atoms with Crippen molar-refractivity contribution in [2.45, 2.75) is 57.7 Å². The van der Waals surface area contributed by atoms with E-state index in [1.807, 2.05) is 18.3 Å². The lowest BCUT2D eigenvalue weighted by atomic mass is 9.91. The number of likely N-dealkylation sites (tertiary alicyclic amines) is 1. The third-order valence-corrected chi connectivity index (χ3v) is 12.7. The average Bonchev–Trinajstić information content (AvgIpc) is 3.49. The Morgan fingerprint density at radius 3 is 2.31 bits per heavy atom. The van der Waals surface area contributed by atoms with Crippen molar-refractivity contribution in [1.82, 2.24) is 34.8 Å². The van der Waals surface area contributed by atoms with Crippen molar-refractivity contribution in [3.05, 3.63) is 80.8 Å². The second kappa shape index (κ2) is 16.4. The highest BCUT2D eigenvalue weighted by Gasteiger charge is 2.45. The van der Waals surface area contributed by atoms with Gasteiger partial charge in [0.05, 0.1) is 24.8 Å². The van der Waals surface area contributed by atoms with Crippen LogP contribution in [0.25, 0.3) is 11.1 Å². The first kappa shape index (κ1) is 39.3. The third-order valence-electron chi connectivity index (χ3n) is 12.7. The van der Waals surface area contributed by atoms with E-state index in [9.17, 15) is 28.8 Å². The molecule has 6 amide bonds. The number of hydrogen-bond acceptors (Lipinski definition) is 10. The summed E-state index contributed by atoms with van der Waals surface area (Å²) in [4.78, 5) is 86.1. The average molecular weight is 793 g/mol. The lowest BCUT2D eigenvalue weighted by Gasteiger charge is -2.38. The molecule has 0 aliphatic carbocycles. The Morgan fingerprint density at radius 1 is 0.828 bits per heavy atom. The van der Waals surface area contributed by atoms with Gasteiger partial charge in [0.2, 0.25) is 11.8 Å². The van der Waals surface area contributed by atoms with E-state index in [-0.39, 0.29) is 36.9 Å². The number of piperidine rings is 2. The number of urea groups is 1. The van der Waals surface area contributed by atoms with Crippen molar-refractivity contribution in [1.29, 1.82) is 0 Å². The first-order valence-corrected chi connectivity index (χ1v) is 20.4. The minimum atomic E-state index is -0.970. The second-order valence-electron chi connectivity index (χ2n) is 16.2. The molecule has 58 heavy (non-hydrogen) atoms. The molecule has 1 aromatic heterocycles. The number of imide groups is 2. The predicted molar refractivity (Wildman–Crippen MR) is 217 cm³/mol. The summed E-state index contributed by atoms with van der Waals surface area (Å²) in [6.45, 7) is 8.19. The van der Waals surface area contributed by atoms with Crippen molar-refractivity contribution >= 4 is 35.3 Å². The number of methoxy groups -OCH3 is 1. The topological polar surface area (TPSA) is 157 Å². The second-order valence-corrected chi connectivity index (χ2v) is 16.2. The third kappa shape index (κ3) is 7.72. The minimum absolute atomic E-state index is 0.0724. The number of hydrogen-bond donors (Lipinski definition) is 2. The number of ether oxygens (including phenoxy) is 1. The number of amides is 6. The van der Waals surface area contributed by atoms with E-state index in [1.165, 1.54) is 5.56 Å². The summed E-state index contributed by atoms with van der Waals surface area (Å²) < 4.78 is 7.38. The van der Waals surface area contributed by atoms with Crippen molar-refractivity contribution in [3.63, 3.8) is 0 Å². The number of piperazine rings is 1. The van der Waals surface area contributed by atoms with Crippen molar-refractivity contribution in [2.24, 2.45) is 13.0 Å². The van der Waals surface area contributed by atoms with Gasteiger partial charge in [0, 0.05) is 82.8 Å². The number of fused-ring (bicyclic) bond motifs is 2. The summed E-state index contributed by atoms with van der Waals surface area (Å²) in [6, 6.07) is 10.6. The van der Waals surface area contributed by atoms with Gasteiger partial charge >= 0.3 is 6.03 Å². The Kier molecular flexibility index (Phi) is 11.1. The molecule has 0 spiro atoms. The molecule has 5 aliphatic heterocycles. The summed E-state index contributed by atoms with van der Waals surface area (Å²) >= 11 is 0. The van der Waals surface area contributed by atoms with Crippen molar-refractivity contribution in [2.75, 3.05) is 71.4 Å². The van der Waals surface area contributed by atoms with Gasteiger partial charge in [-0.05, 0) is 111 Å². The molecule has 15 heteroatoms. The minimum Gasteiger partial charge on any atom is -0.497 e. The maximum atomic E-state index is 13.3. The number of nitrogens with zero attached hydrogens (tertiary/aromatic N) is 6. The number of nitrogens with one attached hydrogen (secondary N) is 2. The number of carbonyl (C=O) groups is 5. The standard InChI is InChI=1S/C43H52N8O7/c1-44-43(57)50-15-11-32-35(25-46(2)40(54)36(32)26-50)29-20-28(21-31(22-29)58-3)24-48-13-9-27(10-14-48)8-12-47-16-18-49(19-17-47)30-4-5-33-34(23-30)42(56)51(41(33)55)37-6-7-38(52)45-39(37)53/h4-5,20-23,25,27,37H,6-19,24,26H2,1-3H3,(H,44,57)(H,45,52,53). The number of anilines is 1. The van der Waals surface area contributed by atoms with Crippen molar-refractivity contribution < 1.29 is 28.7 Å². The highest BCUT2D eigenvalue weighted by molar-refractivity contribution is 6.23. The van der Waals surface area contributed by atoms with Gasteiger partial charge in [-0.15, -0.1) is 0 Å². The fraction of sp³-hybridized carbons (Fsp3) is 0.488. The normalized spacial score (nSPS) is 20.6. The molecule has 1 atom stereocenters. The lowest BCUT2D eigenvalue weighted by Crippen LogP contribution is -2.54. The van der Waals surface area contributed by atoms with Gasteiger partial charge in [-0.1, -0.05) is 0 Å². The smallest absolute Gasteiger partial charge is 0.317 e. The fourth-order valence-electron chi connectivity index (χ4n) is 9.35. The van der Waals surface area contributed by atoms with Crippen LogP contribution < -0.4 is 25.8 Å². The number of rotatable bonds is 9. The monoisotopic (exact) mass is 792 g/mol. The predicted octanol–water partition coefficient (Wildman–Crippen LogP) is 2.58. The van der Waals surface area contributed by atoms with E-state index in [0.717, 1.165) is 105 Å². The van der Waals surface area contributed by atoms with E-state index >= 15 is 0 Å². The lowest BCUT2D eigenvalue weighted by molar-refractivity contribution is -0.136. The van der Waals surface area contributed by atoms with Crippen LogP contribution in [0.4, 0.5) is 10.5 Å².